The van der Waals surface area contributed by atoms with Gasteiger partial charge in [-0.25, -0.2) is 4.98 Å². The Bertz CT molecular complexity index is 585. The highest BCUT2D eigenvalue weighted by molar-refractivity contribution is 5.30. The first-order chi connectivity index (χ1) is 9.34. The van der Waals surface area contributed by atoms with Crippen LogP contribution in [0.25, 0.3) is 0 Å². The summed E-state index contributed by atoms with van der Waals surface area (Å²) in [6.07, 6.45) is 10.3. The maximum atomic E-state index is 12.1. The van der Waals surface area contributed by atoms with Gasteiger partial charge in [-0.1, -0.05) is 0 Å². The average Bonchev–Trinajstić information content (AvgIpc) is 3.13. The van der Waals surface area contributed by atoms with Crippen LogP contribution in [0.2, 0.25) is 0 Å². The van der Waals surface area contributed by atoms with Crippen LogP contribution in [0.4, 0.5) is 5.82 Å². The fraction of sp³-hybridized carbons (Fsp3) is 0.462. The van der Waals surface area contributed by atoms with Crippen LogP contribution < -0.4 is 10.9 Å². The number of nitrogens with one attached hydrogen (secondary N) is 1. The van der Waals surface area contributed by atoms with E-state index in [0.717, 1.165) is 32.4 Å². The van der Waals surface area contributed by atoms with Crippen LogP contribution in [0.5, 0.6) is 0 Å². The Hall–Kier alpha value is -2.11. The van der Waals surface area contributed by atoms with Crippen molar-refractivity contribution in [3.05, 3.63) is 41.2 Å². The highest BCUT2D eigenvalue weighted by Crippen LogP contribution is 2.33. The van der Waals surface area contributed by atoms with Gasteiger partial charge in [-0.2, -0.15) is 5.10 Å². The van der Waals surface area contributed by atoms with E-state index in [1.807, 2.05) is 16.9 Å². The summed E-state index contributed by atoms with van der Waals surface area (Å²) < 4.78 is 3.66. The zero-order valence-electron chi connectivity index (χ0n) is 10.7. The Kier molecular flexibility index (Phi) is 3.31. The first-order valence-electron chi connectivity index (χ1n) is 6.63. The normalized spacial score (nSPS) is 14.5. The molecule has 6 heteroatoms. The number of hydrogen-bond donors (Lipinski definition) is 1. The molecule has 2 aromatic heterocycles. The van der Waals surface area contributed by atoms with E-state index in [4.69, 9.17) is 0 Å². The van der Waals surface area contributed by atoms with Crippen LogP contribution in [0.15, 0.2) is 35.6 Å². The molecule has 2 aromatic rings. The Morgan fingerprint density at radius 3 is 2.95 bits per heavy atom. The summed E-state index contributed by atoms with van der Waals surface area (Å²) in [5.74, 6) is 0.454. The quantitative estimate of drug-likeness (QED) is 0.794. The summed E-state index contributed by atoms with van der Waals surface area (Å²) >= 11 is 0. The summed E-state index contributed by atoms with van der Waals surface area (Å²) in [4.78, 5) is 16.2. The lowest BCUT2D eigenvalue weighted by molar-refractivity contribution is 0.590. The van der Waals surface area contributed by atoms with Crippen molar-refractivity contribution < 1.29 is 0 Å². The van der Waals surface area contributed by atoms with Crippen LogP contribution in [0, 0.1) is 0 Å². The van der Waals surface area contributed by atoms with Crippen molar-refractivity contribution >= 4 is 5.82 Å². The largest absolute Gasteiger partial charge is 0.365 e. The van der Waals surface area contributed by atoms with Crippen LogP contribution in [-0.4, -0.2) is 25.9 Å². The molecule has 1 aliphatic carbocycles. The van der Waals surface area contributed by atoms with Gasteiger partial charge >= 0.3 is 0 Å². The molecule has 1 aliphatic rings. The minimum atomic E-state index is -0.0101. The molecule has 2 heterocycles. The number of hydrogen-bond acceptors (Lipinski definition) is 4. The highest BCUT2D eigenvalue weighted by Gasteiger charge is 2.25. The van der Waals surface area contributed by atoms with Gasteiger partial charge in [-0.3, -0.25) is 9.48 Å². The van der Waals surface area contributed by atoms with E-state index in [-0.39, 0.29) is 5.56 Å². The molecule has 0 radical (unpaired) electrons. The van der Waals surface area contributed by atoms with Gasteiger partial charge in [0, 0.05) is 43.9 Å². The molecule has 0 aromatic carbocycles. The number of anilines is 1. The SMILES string of the molecule is O=c1c(NCCCn2cccn2)nccn1C1CC1. The molecule has 1 saturated carbocycles. The molecule has 0 saturated heterocycles. The molecular formula is C13H17N5O. The van der Waals surface area contributed by atoms with Crippen molar-refractivity contribution in [2.75, 3.05) is 11.9 Å². The minimum Gasteiger partial charge on any atom is -0.365 e. The second-order valence-corrected chi connectivity index (χ2v) is 4.77. The smallest absolute Gasteiger partial charge is 0.293 e. The Balaban J connectivity index is 1.55. The van der Waals surface area contributed by atoms with E-state index in [1.165, 1.54) is 0 Å². The Labute approximate surface area is 111 Å². The zero-order valence-corrected chi connectivity index (χ0v) is 10.7. The lowest BCUT2D eigenvalue weighted by Crippen LogP contribution is -2.24. The molecule has 3 rings (SSSR count). The minimum absolute atomic E-state index is 0.0101. The second kappa shape index (κ2) is 5.26. The summed E-state index contributed by atoms with van der Waals surface area (Å²) in [7, 11) is 0. The zero-order chi connectivity index (χ0) is 13.1. The lowest BCUT2D eigenvalue weighted by atomic mass is 10.4. The van der Waals surface area contributed by atoms with E-state index in [0.29, 0.717) is 11.9 Å². The molecule has 0 spiro atoms. The van der Waals surface area contributed by atoms with Crippen molar-refractivity contribution in [3.63, 3.8) is 0 Å². The maximum absolute atomic E-state index is 12.1. The number of aromatic nitrogens is 4. The summed E-state index contributed by atoms with van der Waals surface area (Å²) in [6, 6.07) is 2.29. The van der Waals surface area contributed by atoms with E-state index >= 15 is 0 Å². The standard InChI is InChI=1S/C13H17N5O/c19-13-12(15-7-10-18(13)11-3-4-11)14-5-1-8-17-9-2-6-16-17/h2,6-7,9-11H,1,3-5,8H2,(H,14,15). The number of rotatable bonds is 6. The van der Waals surface area contributed by atoms with Gasteiger partial charge in [0.05, 0.1) is 0 Å². The van der Waals surface area contributed by atoms with Crippen molar-refractivity contribution in [1.29, 1.82) is 0 Å². The summed E-state index contributed by atoms with van der Waals surface area (Å²) in [5, 5.41) is 7.24. The third-order valence-electron chi connectivity index (χ3n) is 3.22. The molecule has 0 bridgehead atoms. The number of nitrogens with zero attached hydrogens (tertiary/aromatic N) is 4. The lowest BCUT2D eigenvalue weighted by Gasteiger charge is -2.08. The summed E-state index contributed by atoms with van der Waals surface area (Å²) in [5.41, 5.74) is -0.0101. The molecule has 1 fully saturated rings. The first kappa shape index (κ1) is 12.0. The van der Waals surface area contributed by atoms with Crippen LogP contribution in [0.3, 0.4) is 0 Å². The van der Waals surface area contributed by atoms with E-state index < -0.39 is 0 Å². The van der Waals surface area contributed by atoms with E-state index in [9.17, 15) is 4.79 Å². The van der Waals surface area contributed by atoms with Crippen molar-refractivity contribution in [3.8, 4) is 0 Å². The molecule has 0 aliphatic heterocycles. The monoisotopic (exact) mass is 259 g/mol. The van der Waals surface area contributed by atoms with Gasteiger partial charge in [0.1, 0.15) is 0 Å². The molecule has 0 amide bonds. The summed E-state index contributed by atoms with van der Waals surface area (Å²) in [6.45, 7) is 1.56. The van der Waals surface area contributed by atoms with Gasteiger partial charge in [0.2, 0.25) is 0 Å². The molecule has 1 N–H and O–H groups in total. The van der Waals surface area contributed by atoms with Crippen molar-refractivity contribution in [2.45, 2.75) is 31.8 Å². The average molecular weight is 259 g/mol. The molecule has 0 unspecified atom stereocenters. The van der Waals surface area contributed by atoms with Crippen molar-refractivity contribution in [1.82, 2.24) is 19.3 Å². The third-order valence-corrected chi connectivity index (χ3v) is 3.22. The molecule has 6 nitrogen and oxygen atoms in total. The predicted molar refractivity (Wildman–Crippen MR) is 72.1 cm³/mol. The molecule has 0 atom stereocenters. The van der Waals surface area contributed by atoms with E-state index in [1.54, 1.807) is 23.2 Å². The van der Waals surface area contributed by atoms with Gasteiger partial charge in [-0.05, 0) is 25.3 Å². The van der Waals surface area contributed by atoms with Crippen molar-refractivity contribution in [2.24, 2.45) is 0 Å². The topological polar surface area (TPSA) is 64.7 Å². The maximum Gasteiger partial charge on any atom is 0.293 e. The second-order valence-electron chi connectivity index (χ2n) is 4.77. The van der Waals surface area contributed by atoms with Crippen LogP contribution >= 0.6 is 0 Å². The van der Waals surface area contributed by atoms with Crippen LogP contribution in [0.1, 0.15) is 25.3 Å². The molecule has 19 heavy (non-hydrogen) atoms. The fourth-order valence-electron chi connectivity index (χ4n) is 2.07. The fourth-order valence-corrected chi connectivity index (χ4v) is 2.07. The molecular weight excluding hydrogens is 242 g/mol. The Morgan fingerprint density at radius 1 is 1.32 bits per heavy atom. The predicted octanol–water partition coefficient (Wildman–Crippen LogP) is 1.28. The van der Waals surface area contributed by atoms with Gasteiger partial charge in [0.25, 0.3) is 5.56 Å². The third kappa shape index (κ3) is 2.83. The van der Waals surface area contributed by atoms with E-state index in [2.05, 4.69) is 15.4 Å². The van der Waals surface area contributed by atoms with Crippen LogP contribution in [-0.2, 0) is 6.54 Å². The van der Waals surface area contributed by atoms with Gasteiger partial charge in [-0.15, -0.1) is 0 Å². The Morgan fingerprint density at radius 2 is 2.21 bits per heavy atom. The number of aryl methyl sites for hydroxylation is 1. The molecule has 100 valence electrons. The van der Waals surface area contributed by atoms with Gasteiger partial charge in [0.15, 0.2) is 5.82 Å². The van der Waals surface area contributed by atoms with Gasteiger partial charge < -0.3 is 9.88 Å². The first-order valence-corrected chi connectivity index (χ1v) is 6.63. The highest BCUT2D eigenvalue weighted by atomic mass is 16.1.